The van der Waals surface area contributed by atoms with E-state index < -0.39 is 0 Å². The van der Waals surface area contributed by atoms with E-state index in [2.05, 4.69) is 10.6 Å². The smallest absolute Gasteiger partial charge is 0.261 e. The first kappa shape index (κ1) is 23.3. The van der Waals surface area contributed by atoms with Gasteiger partial charge in [-0.05, 0) is 74.9 Å². The van der Waals surface area contributed by atoms with E-state index in [4.69, 9.17) is 16.3 Å². The first-order chi connectivity index (χ1) is 16.4. The lowest BCUT2D eigenvalue weighted by Crippen LogP contribution is -2.48. The molecule has 34 heavy (non-hydrogen) atoms. The molecule has 3 atom stereocenters. The van der Waals surface area contributed by atoms with Gasteiger partial charge in [0.2, 0.25) is 5.91 Å². The van der Waals surface area contributed by atoms with Gasteiger partial charge in [-0.2, -0.15) is 0 Å². The highest BCUT2D eigenvalue weighted by Crippen LogP contribution is 2.41. The maximum atomic E-state index is 13.1. The van der Waals surface area contributed by atoms with Crippen molar-refractivity contribution in [2.24, 2.45) is 0 Å². The monoisotopic (exact) mass is 501 g/mol. The fourth-order valence-electron chi connectivity index (χ4n) is 5.35. The van der Waals surface area contributed by atoms with Gasteiger partial charge in [-0.15, -0.1) is 11.3 Å². The van der Waals surface area contributed by atoms with E-state index in [-0.39, 0.29) is 35.4 Å². The average Bonchev–Trinajstić information content (AvgIpc) is 3.55. The summed E-state index contributed by atoms with van der Waals surface area (Å²) in [5, 5.41) is 6.23. The summed E-state index contributed by atoms with van der Waals surface area (Å²) < 4.78 is 6.64. The number of carbonyl (C=O) groups excluding carboxylic acids is 3. The number of rotatable bonds is 5. The van der Waals surface area contributed by atoms with E-state index in [1.165, 1.54) is 11.3 Å². The third-order valence-corrected chi connectivity index (χ3v) is 8.28. The largest absolute Gasteiger partial charge is 0.375 e. The molecule has 1 unspecified atom stereocenters. The van der Waals surface area contributed by atoms with Crippen molar-refractivity contribution >= 4 is 46.3 Å². The normalized spacial score (nSPS) is 26.7. The lowest BCUT2D eigenvalue weighted by atomic mass is 9.98. The minimum Gasteiger partial charge on any atom is -0.375 e. The van der Waals surface area contributed by atoms with Crippen molar-refractivity contribution in [3.63, 3.8) is 0 Å². The topological polar surface area (TPSA) is 87.7 Å². The molecule has 3 heterocycles. The van der Waals surface area contributed by atoms with Crippen LogP contribution in [-0.4, -0.2) is 48.6 Å². The van der Waals surface area contributed by atoms with Crippen molar-refractivity contribution in [1.82, 2.24) is 10.6 Å². The molecule has 1 aliphatic carbocycles. The number of hydrogen-bond donors (Lipinski definition) is 2. The van der Waals surface area contributed by atoms with Crippen LogP contribution in [0.25, 0.3) is 0 Å². The Morgan fingerprint density at radius 1 is 1.00 bits per heavy atom. The molecule has 9 heteroatoms. The van der Waals surface area contributed by atoms with Crippen LogP contribution < -0.4 is 15.5 Å². The Labute approximate surface area is 207 Å². The van der Waals surface area contributed by atoms with E-state index in [0.717, 1.165) is 31.4 Å². The maximum absolute atomic E-state index is 13.1. The molecule has 1 saturated carbocycles. The predicted molar refractivity (Wildman–Crippen MR) is 132 cm³/mol. The summed E-state index contributed by atoms with van der Waals surface area (Å²) in [7, 11) is 0. The molecular weight excluding hydrogens is 474 g/mol. The number of nitrogens with zero attached hydrogens (tertiary/aromatic N) is 1. The van der Waals surface area contributed by atoms with Gasteiger partial charge < -0.3 is 20.3 Å². The molecule has 1 aromatic carbocycles. The molecule has 2 aromatic rings. The number of nitrogens with one attached hydrogen (secondary N) is 2. The van der Waals surface area contributed by atoms with Crippen molar-refractivity contribution in [3.05, 3.63) is 51.2 Å². The summed E-state index contributed by atoms with van der Waals surface area (Å²) in [5.74, 6) is -0.261. The minimum absolute atomic E-state index is 0.127. The highest BCUT2D eigenvalue weighted by atomic mass is 35.5. The summed E-state index contributed by atoms with van der Waals surface area (Å²) in [6.45, 7) is 1.42. The summed E-state index contributed by atoms with van der Waals surface area (Å²) in [5.41, 5.74) is 1.04. The molecule has 2 aliphatic heterocycles. The van der Waals surface area contributed by atoms with Crippen LogP contribution in [0.2, 0.25) is 4.34 Å². The van der Waals surface area contributed by atoms with E-state index in [1.807, 2.05) is 12.1 Å². The first-order valence-electron chi connectivity index (χ1n) is 11.8. The van der Waals surface area contributed by atoms with Crippen LogP contribution in [0.1, 0.15) is 65.0 Å². The number of carbonyl (C=O) groups is 3. The number of benzene rings is 1. The lowest BCUT2D eigenvalue weighted by Gasteiger charge is -2.27. The fourth-order valence-corrected chi connectivity index (χ4v) is 6.30. The van der Waals surface area contributed by atoms with E-state index in [0.29, 0.717) is 47.2 Å². The average molecular weight is 502 g/mol. The Hall–Kier alpha value is -2.42. The Bertz CT molecular complexity index is 1080. The second-order valence-electron chi connectivity index (χ2n) is 9.36. The Balaban J connectivity index is 1.28. The van der Waals surface area contributed by atoms with Crippen LogP contribution in [0.4, 0.5) is 5.69 Å². The van der Waals surface area contributed by atoms with Gasteiger partial charge in [-0.1, -0.05) is 11.6 Å². The van der Waals surface area contributed by atoms with Crippen molar-refractivity contribution in [1.29, 1.82) is 0 Å². The van der Waals surface area contributed by atoms with Gasteiger partial charge in [0.05, 0.1) is 26.9 Å². The molecule has 3 fully saturated rings. The Kier molecular flexibility index (Phi) is 6.64. The molecule has 0 bridgehead atoms. The Morgan fingerprint density at radius 3 is 2.35 bits per heavy atom. The van der Waals surface area contributed by atoms with Crippen LogP contribution in [0.3, 0.4) is 0 Å². The number of anilines is 1. The third kappa shape index (κ3) is 4.85. The first-order valence-corrected chi connectivity index (χ1v) is 13.0. The van der Waals surface area contributed by atoms with Crippen LogP contribution in [0, 0.1) is 0 Å². The quantitative estimate of drug-likeness (QED) is 0.644. The van der Waals surface area contributed by atoms with Gasteiger partial charge >= 0.3 is 0 Å². The zero-order valence-electron chi connectivity index (χ0n) is 18.8. The molecule has 3 aliphatic rings. The van der Waals surface area contributed by atoms with Gasteiger partial charge in [-0.25, -0.2) is 0 Å². The summed E-state index contributed by atoms with van der Waals surface area (Å²) >= 11 is 7.23. The zero-order valence-corrected chi connectivity index (χ0v) is 20.4. The van der Waals surface area contributed by atoms with Crippen LogP contribution in [-0.2, 0) is 9.53 Å². The Morgan fingerprint density at radius 2 is 1.74 bits per heavy atom. The van der Waals surface area contributed by atoms with Crippen LogP contribution >= 0.6 is 22.9 Å². The molecule has 3 amide bonds. The molecule has 1 aromatic heterocycles. The standard InChI is InChI=1S/C25H28ClN3O4S/c26-21-10-9-20(34-21)24(32)28-19-15-25(11-3-13-33-25)14-18(19)27-23(31)16-5-7-17(8-6-16)29-12-2-1-4-22(29)30/h5-10,18-19H,1-4,11-15H2,(H,27,31)(H,28,32)/t18-,19+,25?/m0/s1. The van der Waals surface area contributed by atoms with E-state index >= 15 is 0 Å². The number of amides is 3. The van der Waals surface area contributed by atoms with Gasteiger partial charge in [0.1, 0.15) is 0 Å². The van der Waals surface area contributed by atoms with E-state index in [1.54, 1.807) is 29.2 Å². The number of piperidine rings is 1. The molecule has 2 saturated heterocycles. The van der Waals surface area contributed by atoms with E-state index in [9.17, 15) is 14.4 Å². The van der Waals surface area contributed by atoms with Crippen molar-refractivity contribution in [3.8, 4) is 0 Å². The summed E-state index contributed by atoms with van der Waals surface area (Å²) in [6, 6.07) is 10.1. The van der Waals surface area contributed by atoms with Gasteiger partial charge in [0, 0.05) is 30.8 Å². The van der Waals surface area contributed by atoms with Gasteiger partial charge in [-0.3, -0.25) is 14.4 Å². The number of hydrogen-bond acceptors (Lipinski definition) is 5. The van der Waals surface area contributed by atoms with Crippen molar-refractivity contribution < 1.29 is 19.1 Å². The molecule has 2 N–H and O–H groups in total. The molecule has 1 spiro atoms. The van der Waals surface area contributed by atoms with Gasteiger partial charge in [0.25, 0.3) is 11.8 Å². The molecule has 7 nitrogen and oxygen atoms in total. The maximum Gasteiger partial charge on any atom is 0.261 e. The highest BCUT2D eigenvalue weighted by molar-refractivity contribution is 7.18. The molecular formula is C25H28ClN3O4S. The molecule has 0 radical (unpaired) electrons. The summed E-state index contributed by atoms with van der Waals surface area (Å²) in [4.78, 5) is 40.4. The molecule has 180 valence electrons. The minimum atomic E-state index is -0.304. The van der Waals surface area contributed by atoms with Crippen LogP contribution in [0.15, 0.2) is 36.4 Å². The summed E-state index contributed by atoms with van der Waals surface area (Å²) in [6.07, 6.45) is 5.73. The zero-order chi connectivity index (χ0) is 23.7. The van der Waals surface area contributed by atoms with Crippen molar-refractivity contribution in [2.75, 3.05) is 18.1 Å². The van der Waals surface area contributed by atoms with Gasteiger partial charge in [0.15, 0.2) is 0 Å². The lowest BCUT2D eigenvalue weighted by molar-refractivity contribution is -0.119. The number of thiophene rings is 1. The third-order valence-electron chi connectivity index (χ3n) is 7.05. The SMILES string of the molecule is O=C(N[C@H]1CC2(CCCO2)C[C@H]1NC(=O)c1ccc(Cl)s1)c1ccc(N2CCCCC2=O)cc1. The van der Waals surface area contributed by atoms with Crippen molar-refractivity contribution in [2.45, 2.75) is 62.6 Å². The number of ether oxygens (including phenoxy) is 1. The highest BCUT2D eigenvalue weighted by Gasteiger charge is 2.49. The predicted octanol–water partition coefficient (Wildman–Crippen LogP) is 4.16. The van der Waals surface area contributed by atoms with Crippen LogP contribution in [0.5, 0.6) is 0 Å². The molecule has 5 rings (SSSR count). The second kappa shape index (κ2) is 9.68. The number of halogens is 1. The second-order valence-corrected chi connectivity index (χ2v) is 11.1. The fraction of sp³-hybridized carbons (Fsp3) is 0.480.